The molecule has 0 saturated heterocycles. The summed E-state index contributed by atoms with van der Waals surface area (Å²) in [6, 6.07) is 0. The van der Waals surface area contributed by atoms with E-state index in [0.717, 1.165) is 37.9 Å². The second-order valence-corrected chi connectivity index (χ2v) is 3.48. The summed E-state index contributed by atoms with van der Waals surface area (Å²) >= 11 is 0. The van der Waals surface area contributed by atoms with Crippen LogP contribution in [0, 0.1) is 0 Å². The van der Waals surface area contributed by atoms with Crippen molar-refractivity contribution >= 4 is 31.4 Å². The van der Waals surface area contributed by atoms with Gasteiger partial charge in [0.25, 0.3) is 0 Å². The fraction of sp³-hybridized carbons (Fsp3) is 0.643. The Hall–Kier alpha value is -1.65. The third-order valence-electron chi connectivity index (χ3n) is 1.69. The Morgan fingerprint density at radius 2 is 0.789 bits per heavy atom. The van der Waals surface area contributed by atoms with Crippen LogP contribution in [0.5, 0.6) is 0 Å². The van der Waals surface area contributed by atoms with Crippen LogP contribution in [0.2, 0.25) is 0 Å². The smallest absolute Gasteiger partial charge is 0.120 e. The third-order valence-corrected chi connectivity index (χ3v) is 1.69. The fourth-order valence-corrected chi connectivity index (χ4v) is 0.687. The van der Waals surface area contributed by atoms with Gasteiger partial charge in [0.2, 0.25) is 0 Å². The molecule has 0 N–H and O–H groups in total. The van der Waals surface area contributed by atoms with E-state index in [-0.39, 0.29) is 0 Å². The molecule has 0 bridgehead atoms. The highest BCUT2D eigenvalue weighted by Crippen LogP contribution is 1.86. The van der Waals surface area contributed by atoms with Crippen molar-refractivity contribution < 1.29 is 24.0 Å². The van der Waals surface area contributed by atoms with Crippen LogP contribution in [0.3, 0.4) is 0 Å². The minimum Gasteiger partial charge on any atom is -0.303 e. The van der Waals surface area contributed by atoms with Crippen molar-refractivity contribution in [3.05, 3.63) is 0 Å². The second kappa shape index (κ2) is 29.9. The summed E-state index contributed by atoms with van der Waals surface area (Å²) in [7, 11) is 0. The predicted octanol–water partition coefficient (Wildman–Crippen LogP) is 2.09. The van der Waals surface area contributed by atoms with Crippen LogP contribution in [0.15, 0.2) is 0 Å². The number of aldehydes is 5. The van der Waals surface area contributed by atoms with Crippen molar-refractivity contribution in [3.63, 3.8) is 0 Å². The molecule has 19 heavy (non-hydrogen) atoms. The largest absolute Gasteiger partial charge is 0.303 e. The van der Waals surface area contributed by atoms with Gasteiger partial charge in [-0.05, 0) is 19.3 Å². The average molecular weight is 272 g/mol. The lowest BCUT2D eigenvalue weighted by Crippen LogP contribution is -1.76. The van der Waals surface area contributed by atoms with Gasteiger partial charge in [0, 0.05) is 32.1 Å². The molecule has 0 saturated carbocycles. The van der Waals surface area contributed by atoms with E-state index in [1.165, 1.54) is 0 Å². The Morgan fingerprint density at radius 1 is 0.526 bits per heavy atom. The molecule has 0 amide bonds. The van der Waals surface area contributed by atoms with Gasteiger partial charge in [-0.25, -0.2) is 0 Å². The van der Waals surface area contributed by atoms with E-state index in [1.807, 2.05) is 6.92 Å². The highest BCUT2D eigenvalue weighted by Gasteiger charge is 1.80. The standard InChI is InChI=1S/2C5H8O2.C4H8O/c2*6-4-2-1-3-5-7;1-2-3-4-5/h2*4-5H,1-3H2;4H,2-3H2,1H3. The van der Waals surface area contributed by atoms with Gasteiger partial charge < -0.3 is 24.0 Å². The van der Waals surface area contributed by atoms with Gasteiger partial charge in [0.05, 0.1) is 0 Å². The molecule has 110 valence electrons. The molecule has 0 aliphatic rings. The van der Waals surface area contributed by atoms with Crippen LogP contribution in [-0.2, 0) is 24.0 Å². The summed E-state index contributed by atoms with van der Waals surface area (Å²) < 4.78 is 0. The van der Waals surface area contributed by atoms with E-state index >= 15 is 0 Å². The second-order valence-electron chi connectivity index (χ2n) is 3.48. The first kappa shape index (κ1) is 22.5. The first-order valence-corrected chi connectivity index (χ1v) is 6.43. The fourth-order valence-electron chi connectivity index (χ4n) is 0.687. The maximum atomic E-state index is 9.56. The van der Waals surface area contributed by atoms with Crippen molar-refractivity contribution in [2.75, 3.05) is 0 Å². The lowest BCUT2D eigenvalue weighted by Gasteiger charge is -1.78. The quantitative estimate of drug-likeness (QED) is 0.449. The Bertz CT molecular complexity index is 180. The van der Waals surface area contributed by atoms with Crippen LogP contribution in [0.1, 0.15) is 58.3 Å². The maximum Gasteiger partial charge on any atom is 0.120 e. The van der Waals surface area contributed by atoms with Gasteiger partial charge in [-0.15, -0.1) is 0 Å². The Kier molecular flexibility index (Phi) is 35.5. The number of carbonyl (C=O) groups excluding carboxylic acids is 5. The minimum atomic E-state index is 0.513. The minimum absolute atomic E-state index is 0.513. The average Bonchev–Trinajstić information content (AvgIpc) is 2.42. The molecule has 0 spiro atoms. The molecule has 0 aromatic carbocycles. The number of unbranched alkanes of at least 4 members (excludes halogenated alkanes) is 5. The van der Waals surface area contributed by atoms with Crippen LogP contribution in [0.25, 0.3) is 0 Å². The summed E-state index contributed by atoms with van der Waals surface area (Å²) in [5.41, 5.74) is 0. The molecular weight excluding hydrogens is 248 g/mol. The van der Waals surface area contributed by atoms with Gasteiger partial charge in [0.15, 0.2) is 0 Å². The van der Waals surface area contributed by atoms with Crippen molar-refractivity contribution in [1.82, 2.24) is 0 Å². The van der Waals surface area contributed by atoms with Gasteiger partial charge in [-0.1, -0.05) is 6.92 Å². The number of rotatable bonds is 10. The molecule has 0 fully saturated rings. The molecule has 0 aliphatic carbocycles. The molecule has 0 unspecified atom stereocenters. The molecule has 0 heterocycles. The molecule has 5 nitrogen and oxygen atoms in total. The zero-order chi connectivity index (χ0) is 15.2. The van der Waals surface area contributed by atoms with E-state index in [2.05, 4.69) is 0 Å². The van der Waals surface area contributed by atoms with Crippen molar-refractivity contribution in [1.29, 1.82) is 0 Å². The lowest BCUT2D eigenvalue weighted by molar-refractivity contribution is -0.110. The highest BCUT2D eigenvalue weighted by molar-refractivity contribution is 5.53. The first-order valence-electron chi connectivity index (χ1n) is 6.43. The highest BCUT2D eigenvalue weighted by atomic mass is 16.1. The first-order chi connectivity index (χ1) is 9.24. The van der Waals surface area contributed by atoms with E-state index < -0.39 is 0 Å². The Morgan fingerprint density at radius 3 is 0.895 bits per heavy atom. The summed E-state index contributed by atoms with van der Waals surface area (Å²) in [5.74, 6) is 0. The number of hydrogen-bond donors (Lipinski definition) is 0. The molecule has 0 atom stereocenters. The molecule has 5 heteroatoms. The van der Waals surface area contributed by atoms with Crippen LogP contribution < -0.4 is 0 Å². The molecule has 0 aromatic rings. The topological polar surface area (TPSA) is 85.3 Å². The van der Waals surface area contributed by atoms with Crippen molar-refractivity contribution in [2.24, 2.45) is 0 Å². The van der Waals surface area contributed by atoms with E-state index in [4.69, 9.17) is 0 Å². The van der Waals surface area contributed by atoms with Crippen molar-refractivity contribution in [3.8, 4) is 0 Å². The van der Waals surface area contributed by atoms with Crippen LogP contribution in [-0.4, -0.2) is 31.4 Å². The van der Waals surface area contributed by atoms with Gasteiger partial charge >= 0.3 is 0 Å². The Labute approximate surface area is 114 Å². The zero-order valence-corrected chi connectivity index (χ0v) is 11.6. The molecule has 0 rings (SSSR count). The maximum absolute atomic E-state index is 9.56. The molecular formula is C14H24O5. The lowest BCUT2D eigenvalue weighted by atomic mass is 10.3. The summed E-state index contributed by atoms with van der Waals surface area (Å²) in [6.45, 7) is 1.98. The SMILES string of the molecule is CCCC=O.O=CCCCC=O.O=CCCCC=O. The van der Waals surface area contributed by atoms with E-state index in [1.54, 1.807) is 0 Å². The van der Waals surface area contributed by atoms with E-state index in [0.29, 0.717) is 44.9 Å². The normalized spacial score (nSPS) is 7.84. The number of carbonyl (C=O) groups is 5. The summed E-state index contributed by atoms with van der Waals surface area (Å²) in [5, 5.41) is 0. The third kappa shape index (κ3) is 48.3. The van der Waals surface area contributed by atoms with Crippen LogP contribution in [0.4, 0.5) is 0 Å². The molecule has 0 aliphatic heterocycles. The monoisotopic (exact) mass is 272 g/mol. The van der Waals surface area contributed by atoms with Gasteiger partial charge in [-0.3, -0.25) is 0 Å². The summed E-state index contributed by atoms with van der Waals surface area (Å²) in [6.07, 6.45) is 9.36. The predicted molar refractivity (Wildman–Crippen MR) is 72.9 cm³/mol. The zero-order valence-electron chi connectivity index (χ0n) is 11.6. The number of hydrogen-bond acceptors (Lipinski definition) is 5. The Balaban J connectivity index is -0.000000206. The van der Waals surface area contributed by atoms with Crippen LogP contribution >= 0.6 is 0 Å². The van der Waals surface area contributed by atoms with Gasteiger partial charge in [-0.2, -0.15) is 0 Å². The van der Waals surface area contributed by atoms with Gasteiger partial charge in [0.1, 0.15) is 31.4 Å². The van der Waals surface area contributed by atoms with Crippen molar-refractivity contribution in [2.45, 2.75) is 58.3 Å². The van der Waals surface area contributed by atoms with E-state index in [9.17, 15) is 24.0 Å². The summed E-state index contributed by atoms with van der Waals surface area (Å²) in [4.78, 5) is 47.7. The molecule has 0 radical (unpaired) electrons. The molecule has 0 aromatic heterocycles.